The van der Waals surface area contributed by atoms with Crippen LogP contribution in [0.25, 0.3) is 10.8 Å². The van der Waals surface area contributed by atoms with Crippen LogP contribution in [0.5, 0.6) is 0 Å². The molecule has 0 radical (unpaired) electrons. The molecule has 0 aliphatic heterocycles. The molecule has 90 valence electrons. The Balaban J connectivity index is 1.84. The van der Waals surface area contributed by atoms with Crippen LogP contribution in [0.3, 0.4) is 0 Å². The molecule has 2 aromatic heterocycles. The SMILES string of the molecule is Brc1ccsc1-c1nnc(Nc2ccccc2)o1. The minimum atomic E-state index is 0.386. The summed E-state index contributed by atoms with van der Waals surface area (Å²) >= 11 is 4.99. The average molecular weight is 322 g/mol. The van der Waals surface area contributed by atoms with Crippen LogP contribution >= 0.6 is 27.3 Å². The lowest BCUT2D eigenvalue weighted by Crippen LogP contribution is -1.88. The molecule has 0 bridgehead atoms. The van der Waals surface area contributed by atoms with Gasteiger partial charge in [0.25, 0.3) is 5.89 Å². The summed E-state index contributed by atoms with van der Waals surface area (Å²) in [5.74, 6) is 0.510. The molecule has 3 rings (SSSR count). The molecular weight excluding hydrogens is 314 g/mol. The van der Waals surface area contributed by atoms with Gasteiger partial charge in [0.15, 0.2) is 0 Å². The van der Waals surface area contributed by atoms with Crippen LogP contribution in [0.15, 0.2) is 50.7 Å². The van der Waals surface area contributed by atoms with Gasteiger partial charge in [-0.15, -0.1) is 16.4 Å². The summed E-state index contributed by atoms with van der Waals surface area (Å²) in [6.07, 6.45) is 0. The van der Waals surface area contributed by atoms with E-state index in [9.17, 15) is 0 Å². The second-order valence-corrected chi connectivity index (χ2v) is 5.27. The van der Waals surface area contributed by atoms with Gasteiger partial charge in [-0.2, -0.15) is 0 Å². The zero-order chi connectivity index (χ0) is 12.4. The molecule has 3 aromatic rings. The third-order valence-electron chi connectivity index (χ3n) is 2.26. The highest BCUT2D eigenvalue weighted by Crippen LogP contribution is 2.33. The van der Waals surface area contributed by atoms with Crippen molar-refractivity contribution in [1.29, 1.82) is 0 Å². The summed E-state index contributed by atoms with van der Waals surface area (Å²) in [6.45, 7) is 0. The molecule has 0 saturated heterocycles. The van der Waals surface area contributed by atoms with Crippen LogP contribution < -0.4 is 5.32 Å². The second-order valence-electron chi connectivity index (χ2n) is 3.50. The Morgan fingerprint density at radius 3 is 2.67 bits per heavy atom. The molecule has 4 nitrogen and oxygen atoms in total. The van der Waals surface area contributed by atoms with Crippen LogP contribution in [0.4, 0.5) is 11.7 Å². The Morgan fingerprint density at radius 2 is 1.94 bits per heavy atom. The predicted octanol–water partition coefficient (Wildman–Crippen LogP) is 4.30. The van der Waals surface area contributed by atoms with E-state index in [-0.39, 0.29) is 0 Å². The lowest BCUT2D eigenvalue weighted by molar-refractivity contribution is 0.589. The molecule has 2 heterocycles. The van der Waals surface area contributed by atoms with E-state index in [0.717, 1.165) is 15.0 Å². The van der Waals surface area contributed by atoms with Crippen molar-refractivity contribution in [3.63, 3.8) is 0 Å². The molecular formula is C12H8BrN3OS. The van der Waals surface area contributed by atoms with Gasteiger partial charge in [0.1, 0.15) is 4.88 Å². The molecule has 0 spiro atoms. The smallest absolute Gasteiger partial charge is 0.320 e. The van der Waals surface area contributed by atoms with E-state index in [0.29, 0.717) is 11.9 Å². The number of halogens is 1. The second kappa shape index (κ2) is 4.91. The van der Waals surface area contributed by atoms with Gasteiger partial charge in [-0.05, 0) is 39.5 Å². The third kappa shape index (κ3) is 2.30. The zero-order valence-corrected chi connectivity index (χ0v) is 11.5. The summed E-state index contributed by atoms with van der Waals surface area (Å²) in [5, 5.41) is 13.0. The third-order valence-corrected chi connectivity index (χ3v) is 4.09. The van der Waals surface area contributed by atoms with Crippen molar-refractivity contribution < 1.29 is 4.42 Å². The Hall–Kier alpha value is -1.66. The molecule has 0 atom stereocenters. The van der Waals surface area contributed by atoms with Crippen LogP contribution in [-0.2, 0) is 0 Å². The molecule has 6 heteroatoms. The first-order chi connectivity index (χ1) is 8.83. The summed E-state index contributed by atoms with van der Waals surface area (Å²) < 4.78 is 6.52. The number of benzene rings is 1. The molecule has 18 heavy (non-hydrogen) atoms. The minimum Gasteiger partial charge on any atom is -0.402 e. The van der Waals surface area contributed by atoms with Crippen molar-refractivity contribution in [3.05, 3.63) is 46.3 Å². The largest absolute Gasteiger partial charge is 0.402 e. The van der Waals surface area contributed by atoms with E-state index < -0.39 is 0 Å². The highest BCUT2D eigenvalue weighted by atomic mass is 79.9. The first-order valence-electron chi connectivity index (χ1n) is 5.22. The summed E-state index contributed by atoms with van der Waals surface area (Å²) in [7, 11) is 0. The van der Waals surface area contributed by atoms with Gasteiger partial charge < -0.3 is 9.73 Å². The van der Waals surface area contributed by atoms with Gasteiger partial charge in [0.05, 0.1) is 0 Å². The Morgan fingerprint density at radius 1 is 1.11 bits per heavy atom. The van der Waals surface area contributed by atoms with Crippen molar-refractivity contribution in [2.75, 3.05) is 5.32 Å². The van der Waals surface area contributed by atoms with Crippen molar-refractivity contribution in [2.24, 2.45) is 0 Å². The Labute approximate surface area is 116 Å². The molecule has 0 fully saturated rings. The number of anilines is 2. The highest BCUT2D eigenvalue weighted by molar-refractivity contribution is 9.10. The number of hydrogen-bond acceptors (Lipinski definition) is 5. The van der Waals surface area contributed by atoms with Crippen molar-refractivity contribution >= 4 is 39.0 Å². The molecule has 1 N–H and O–H groups in total. The molecule has 0 unspecified atom stereocenters. The van der Waals surface area contributed by atoms with Gasteiger partial charge in [0.2, 0.25) is 0 Å². The van der Waals surface area contributed by atoms with E-state index in [1.165, 1.54) is 0 Å². The van der Waals surface area contributed by atoms with Gasteiger partial charge in [-0.1, -0.05) is 23.3 Å². The predicted molar refractivity (Wildman–Crippen MR) is 75.0 cm³/mol. The number of nitrogens with zero attached hydrogens (tertiary/aromatic N) is 2. The maximum Gasteiger partial charge on any atom is 0.320 e. The molecule has 0 aliphatic rings. The average Bonchev–Trinajstić information content (AvgIpc) is 2.99. The lowest BCUT2D eigenvalue weighted by Gasteiger charge is -1.98. The minimum absolute atomic E-state index is 0.386. The summed E-state index contributed by atoms with van der Waals surface area (Å²) in [4.78, 5) is 0.934. The fourth-order valence-corrected chi connectivity index (χ4v) is 2.92. The quantitative estimate of drug-likeness (QED) is 0.781. The van der Waals surface area contributed by atoms with Crippen molar-refractivity contribution in [1.82, 2.24) is 10.2 Å². The lowest BCUT2D eigenvalue weighted by atomic mass is 10.3. The van der Waals surface area contributed by atoms with E-state index in [1.807, 2.05) is 41.8 Å². The number of nitrogens with one attached hydrogen (secondary N) is 1. The van der Waals surface area contributed by atoms with E-state index in [4.69, 9.17) is 4.42 Å². The standard InChI is InChI=1S/C12H8BrN3OS/c13-9-6-7-18-10(9)11-15-16-12(17-11)14-8-4-2-1-3-5-8/h1-7H,(H,14,16). The molecule has 0 aliphatic carbocycles. The maximum atomic E-state index is 5.56. The van der Waals surface area contributed by atoms with Crippen LogP contribution in [0.1, 0.15) is 0 Å². The fourth-order valence-electron chi connectivity index (χ4n) is 1.46. The number of rotatable bonds is 3. The van der Waals surface area contributed by atoms with Crippen molar-refractivity contribution in [2.45, 2.75) is 0 Å². The molecule has 1 aromatic carbocycles. The number of aromatic nitrogens is 2. The topological polar surface area (TPSA) is 51.0 Å². The van der Waals surface area contributed by atoms with Gasteiger partial charge in [0, 0.05) is 10.2 Å². The van der Waals surface area contributed by atoms with Crippen LogP contribution in [0.2, 0.25) is 0 Å². The van der Waals surface area contributed by atoms with Crippen LogP contribution in [-0.4, -0.2) is 10.2 Å². The molecule has 0 saturated carbocycles. The number of thiophene rings is 1. The monoisotopic (exact) mass is 321 g/mol. The number of hydrogen-bond donors (Lipinski definition) is 1. The van der Waals surface area contributed by atoms with Crippen molar-refractivity contribution in [3.8, 4) is 10.8 Å². The van der Waals surface area contributed by atoms with Gasteiger partial charge in [-0.25, -0.2) is 0 Å². The van der Waals surface area contributed by atoms with Crippen LogP contribution in [0, 0.1) is 0 Å². The Bertz CT molecular complexity index is 650. The summed E-state index contributed by atoms with van der Waals surface area (Å²) in [5.41, 5.74) is 0.915. The Kier molecular flexibility index (Phi) is 3.12. The fraction of sp³-hybridized carbons (Fsp3) is 0. The van der Waals surface area contributed by atoms with E-state index >= 15 is 0 Å². The normalized spacial score (nSPS) is 10.5. The first kappa shape index (κ1) is 11.4. The van der Waals surface area contributed by atoms with Gasteiger partial charge >= 0.3 is 6.01 Å². The highest BCUT2D eigenvalue weighted by Gasteiger charge is 2.12. The molecule has 0 amide bonds. The van der Waals surface area contributed by atoms with Gasteiger partial charge in [-0.3, -0.25) is 0 Å². The first-order valence-corrected chi connectivity index (χ1v) is 6.89. The maximum absolute atomic E-state index is 5.56. The summed E-state index contributed by atoms with van der Waals surface area (Å²) in [6, 6.07) is 12.0. The van der Waals surface area contributed by atoms with E-state index in [2.05, 4.69) is 31.4 Å². The zero-order valence-electron chi connectivity index (χ0n) is 9.13. The van der Waals surface area contributed by atoms with E-state index in [1.54, 1.807) is 11.3 Å². The number of para-hydroxylation sites is 1.